The number of nitrogens with two attached hydrogens (primary N) is 1. The molecule has 0 saturated carbocycles. The highest BCUT2D eigenvalue weighted by Crippen LogP contribution is 2.25. The van der Waals surface area contributed by atoms with Crippen LogP contribution in [-0.4, -0.2) is 29.8 Å². The van der Waals surface area contributed by atoms with E-state index in [-0.39, 0.29) is 17.7 Å². The van der Waals surface area contributed by atoms with Crippen LogP contribution in [0.15, 0.2) is 22.7 Å². The van der Waals surface area contributed by atoms with Crippen LogP contribution in [0, 0.1) is 5.92 Å². The van der Waals surface area contributed by atoms with Crippen LogP contribution in [-0.2, 0) is 4.79 Å². The molecule has 1 unspecified atom stereocenters. The number of hydrogen-bond donors (Lipinski definition) is 1. The van der Waals surface area contributed by atoms with Crippen molar-refractivity contribution < 1.29 is 9.59 Å². The second-order valence-electron chi connectivity index (χ2n) is 4.62. The number of halogens is 2. The molecule has 0 bridgehead atoms. The molecular weight excluding hydrogens is 332 g/mol. The molecule has 0 aromatic heterocycles. The van der Waals surface area contributed by atoms with Crippen LogP contribution in [0.1, 0.15) is 23.2 Å². The van der Waals surface area contributed by atoms with Gasteiger partial charge in [-0.15, -0.1) is 0 Å². The summed E-state index contributed by atoms with van der Waals surface area (Å²) in [6.07, 6.45) is 1.52. The molecule has 4 nitrogen and oxygen atoms in total. The summed E-state index contributed by atoms with van der Waals surface area (Å²) in [7, 11) is 0. The van der Waals surface area contributed by atoms with Crippen molar-refractivity contribution in [1.82, 2.24) is 4.90 Å². The lowest BCUT2D eigenvalue weighted by atomic mass is 9.97. The minimum Gasteiger partial charge on any atom is -0.369 e. The minimum atomic E-state index is -0.349. The van der Waals surface area contributed by atoms with Gasteiger partial charge in [0, 0.05) is 17.6 Å². The van der Waals surface area contributed by atoms with E-state index in [2.05, 4.69) is 15.9 Å². The predicted molar refractivity (Wildman–Crippen MR) is 77.0 cm³/mol. The van der Waals surface area contributed by atoms with Crippen molar-refractivity contribution in [2.45, 2.75) is 12.8 Å². The molecule has 0 radical (unpaired) electrons. The second kappa shape index (κ2) is 5.92. The molecule has 1 fully saturated rings. The first-order valence-electron chi connectivity index (χ1n) is 6.02. The standard InChI is InChI=1S/C13H14BrClN2O2/c14-9-3-4-11(15)10(6-9)13(19)17-5-1-2-8(7-17)12(16)18/h3-4,6,8H,1-2,5,7H2,(H2,16,18). The van der Waals surface area contributed by atoms with Crippen LogP contribution >= 0.6 is 27.5 Å². The summed E-state index contributed by atoms with van der Waals surface area (Å²) in [6, 6.07) is 5.15. The normalized spacial score (nSPS) is 19.3. The SMILES string of the molecule is NC(=O)C1CCCN(C(=O)c2cc(Br)ccc2Cl)C1. The van der Waals surface area contributed by atoms with Gasteiger partial charge < -0.3 is 10.6 Å². The highest BCUT2D eigenvalue weighted by Gasteiger charge is 2.28. The lowest BCUT2D eigenvalue weighted by Crippen LogP contribution is -2.44. The molecule has 1 heterocycles. The molecule has 2 rings (SSSR count). The van der Waals surface area contributed by atoms with Gasteiger partial charge in [0.15, 0.2) is 0 Å². The third-order valence-corrected chi connectivity index (χ3v) is 4.09. The van der Waals surface area contributed by atoms with E-state index in [4.69, 9.17) is 17.3 Å². The number of rotatable bonds is 2. The van der Waals surface area contributed by atoms with Gasteiger partial charge in [0.1, 0.15) is 0 Å². The molecule has 0 spiro atoms. The molecule has 1 saturated heterocycles. The van der Waals surface area contributed by atoms with Crippen LogP contribution in [0.25, 0.3) is 0 Å². The first-order valence-corrected chi connectivity index (χ1v) is 7.20. The zero-order valence-corrected chi connectivity index (χ0v) is 12.6. The summed E-state index contributed by atoms with van der Waals surface area (Å²) >= 11 is 9.37. The van der Waals surface area contributed by atoms with Gasteiger partial charge in [-0.2, -0.15) is 0 Å². The fourth-order valence-electron chi connectivity index (χ4n) is 2.23. The number of benzene rings is 1. The number of piperidine rings is 1. The van der Waals surface area contributed by atoms with Crippen molar-refractivity contribution in [3.05, 3.63) is 33.3 Å². The molecule has 2 N–H and O–H groups in total. The van der Waals surface area contributed by atoms with E-state index in [0.717, 1.165) is 17.3 Å². The molecule has 1 aromatic rings. The monoisotopic (exact) mass is 344 g/mol. The Bertz CT molecular complexity index is 521. The Morgan fingerprint density at radius 2 is 2.16 bits per heavy atom. The Morgan fingerprint density at radius 3 is 2.84 bits per heavy atom. The van der Waals surface area contributed by atoms with Crippen molar-refractivity contribution in [3.8, 4) is 0 Å². The van der Waals surface area contributed by atoms with E-state index in [9.17, 15) is 9.59 Å². The molecule has 19 heavy (non-hydrogen) atoms. The topological polar surface area (TPSA) is 63.4 Å². The smallest absolute Gasteiger partial charge is 0.255 e. The minimum absolute atomic E-state index is 0.155. The number of likely N-dealkylation sites (tertiary alicyclic amines) is 1. The lowest BCUT2D eigenvalue weighted by Gasteiger charge is -2.31. The number of carbonyl (C=O) groups excluding carboxylic acids is 2. The highest BCUT2D eigenvalue weighted by molar-refractivity contribution is 9.10. The molecule has 1 atom stereocenters. The molecule has 6 heteroatoms. The molecule has 102 valence electrons. The van der Waals surface area contributed by atoms with Crippen molar-refractivity contribution >= 4 is 39.3 Å². The number of primary amides is 1. The quantitative estimate of drug-likeness (QED) is 0.895. The fraction of sp³-hybridized carbons (Fsp3) is 0.385. The third-order valence-electron chi connectivity index (χ3n) is 3.27. The van der Waals surface area contributed by atoms with Gasteiger partial charge in [0.25, 0.3) is 5.91 Å². The number of hydrogen-bond acceptors (Lipinski definition) is 2. The summed E-state index contributed by atoms with van der Waals surface area (Å²) in [5, 5.41) is 0.411. The van der Waals surface area contributed by atoms with Gasteiger partial charge in [-0.3, -0.25) is 9.59 Å². The maximum atomic E-state index is 12.4. The molecule has 1 aliphatic heterocycles. The van der Waals surface area contributed by atoms with E-state index in [1.54, 1.807) is 23.1 Å². The summed E-state index contributed by atoms with van der Waals surface area (Å²) in [5.74, 6) is -0.765. The third kappa shape index (κ3) is 3.28. The zero-order chi connectivity index (χ0) is 14.0. The highest BCUT2D eigenvalue weighted by atomic mass is 79.9. The van der Waals surface area contributed by atoms with Gasteiger partial charge in [-0.25, -0.2) is 0 Å². The van der Waals surface area contributed by atoms with Crippen LogP contribution < -0.4 is 5.73 Å². The first-order chi connectivity index (χ1) is 8.99. The van der Waals surface area contributed by atoms with E-state index in [1.165, 1.54) is 0 Å². The summed E-state index contributed by atoms with van der Waals surface area (Å²) in [4.78, 5) is 25.3. The Balaban J connectivity index is 2.19. The van der Waals surface area contributed by atoms with Crippen LogP contribution in [0.4, 0.5) is 0 Å². The zero-order valence-electron chi connectivity index (χ0n) is 10.2. The predicted octanol–water partition coefficient (Wildman–Crippen LogP) is 2.44. The second-order valence-corrected chi connectivity index (χ2v) is 5.94. The Hall–Kier alpha value is -1.07. The van der Waals surface area contributed by atoms with Crippen LogP contribution in [0.3, 0.4) is 0 Å². The van der Waals surface area contributed by atoms with Crippen molar-refractivity contribution in [1.29, 1.82) is 0 Å². The Kier molecular flexibility index (Phi) is 4.47. The maximum absolute atomic E-state index is 12.4. The van der Waals surface area contributed by atoms with Crippen LogP contribution in [0.5, 0.6) is 0 Å². The van der Waals surface area contributed by atoms with Crippen LogP contribution in [0.2, 0.25) is 5.02 Å². The number of amides is 2. The molecule has 1 aliphatic rings. The first kappa shape index (κ1) is 14.3. The van der Waals surface area contributed by atoms with E-state index in [0.29, 0.717) is 23.7 Å². The molecular formula is C13H14BrClN2O2. The van der Waals surface area contributed by atoms with Gasteiger partial charge in [0.05, 0.1) is 16.5 Å². The molecule has 0 aliphatic carbocycles. The van der Waals surface area contributed by atoms with Crippen molar-refractivity contribution in [2.75, 3.05) is 13.1 Å². The van der Waals surface area contributed by atoms with E-state index in [1.807, 2.05) is 0 Å². The summed E-state index contributed by atoms with van der Waals surface area (Å²) in [6.45, 7) is 1.00. The largest absolute Gasteiger partial charge is 0.369 e. The number of carbonyl (C=O) groups is 2. The van der Waals surface area contributed by atoms with E-state index < -0.39 is 0 Å². The Morgan fingerprint density at radius 1 is 1.42 bits per heavy atom. The number of nitrogens with zero attached hydrogens (tertiary/aromatic N) is 1. The molecule has 2 amide bonds. The fourth-order valence-corrected chi connectivity index (χ4v) is 2.79. The van der Waals surface area contributed by atoms with Crippen molar-refractivity contribution in [2.24, 2.45) is 11.7 Å². The lowest BCUT2D eigenvalue weighted by molar-refractivity contribution is -0.123. The van der Waals surface area contributed by atoms with Gasteiger partial charge in [-0.05, 0) is 31.0 Å². The van der Waals surface area contributed by atoms with Gasteiger partial charge in [-0.1, -0.05) is 27.5 Å². The van der Waals surface area contributed by atoms with Gasteiger partial charge in [0.2, 0.25) is 5.91 Å². The van der Waals surface area contributed by atoms with Gasteiger partial charge >= 0.3 is 0 Å². The van der Waals surface area contributed by atoms with E-state index >= 15 is 0 Å². The maximum Gasteiger partial charge on any atom is 0.255 e. The summed E-state index contributed by atoms with van der Waals surface area (Å²) in [5.41, 5.74) is 5.76. The Labute approximate surface area is 125 Å². The average molecular weight is 346 g/mol. The van der Waals surface area contributed by atoms with Crippen molar-refractivity contribution in [3.63, 3.8) is 0 Å². The average Bonchev–Trinajstić information content (AvgIpc) is 2.41. The molecule has 1 aromatic carbocycles. The summed E-state index contributed by atoms with van der Waals surface area (Å²) < 4.78 is 0.795.